The largest absolute Gasteiger partial charge is 1.00 e. The second-order valence-electron chi connectivity index (χ2n) is 12.8. The molecule has 324 valence electrons. The fourth-order valence-electron chi connectivity index (χ4n) is 5.54. The molecule has 67 heavy (non-hydrogen) atoms. The molecule has 23 nitrogen and oxygen atoms in total. The second-order valence-corrected chi connectivity index (χ2v) is 16.9. The van der Waals surface area contributed by atoms with Gasteiger partial charge in [0.1, 0.15) is 47.5 Å². The zero-order valence-electron chi connectivity index (χ0n) is 35.3. The summed E-state index contributed by atoms with van der Waals surface area (Å²) in [5, 5.41) is 31.2. The Morgan fingerprint density at radius 3 is 1.78 bits per heavy atom. The first-order valence-corrected chi connectivity index (χ1v) is 21.5. The van der Waals surface area contributed by atoms with Crippen LogP contribution < -0.4 is 151 Å². The molecule has 1 amide bonds. The molecule has 0 unspecified atom stereocenters. The quantitative estimate of drug-likeness (QED) is 0.0196. The summed E-state index contributed by atoms with van der Waals surface area (Å²) >= 11 is 0. The van der Waals surface area contributed by atoms with E-state index in [4.69, 9.17) is 5.73 Å². The molecule has 2 aliphatic carbocycles. The van der Waals surface area contributed by atoms with Crippen LogP contribution in [0.1, 0.15) is 26.3 Å². The molecule has 0 aromatic heterocycles. The summed E-state index contributed by atoms with van der Waals surface area (Å²) in [6.07, 6.45) is 4.58. The number of amides is 1. The summed E-state index contributed by atoms with van der Waals surface area (Å²) in [7, 11) is -15.8. The van der Waals surface area contributed by atoms with Crippen LogP contribution in [0.5, 0.6) is 0 Å². The maximum atomic E-state index is 13.7. The molecule has 2 aliphatic rings. The minimum absolute atomic E-state index is 0. The predicted molar refractivity (Wildman–Crippen MR) is 218 cm³/mol. The number of aliphatic carboxylic acids is 1. The first-order chi connectivity index (χ1) is 29.6. The van der Waals surface area contributed by atoms with Crippen LogP contribution >= 0.6 is 0 Å². The molecule has 0 heterocycles. The molecule has 0 aliphatic heterocycles. The Labute approximate surface area is 469 Å². The van der Waals surface area contributed by atoms with Gasteiger partial charge in [-0.1, -0.05) is 0 Å². The van der Waals surface area contributed by atoms with Crippen LogP contribution in [0.3, 0.4) is 0 Å². The zero-order valence-corrected chi connectivity index (χ0v) is 45.8. The third-order valence-electron chi connectivity index (χ3n) is 8.51. The van der Waals surface area contributed by atoms with E-state index in [1.165, 1.54) is 54.6 Å². The molecule has 6 rings (SSSR count). The Balaban J connectivity index is 0.00000385. The number of azo groups is 1. The van der Waals surface area contributed by atoms with Gasteiger partial charge in [-0.15, -0.1) is 5.11 Å². The number of nitrogens with one attached hydrogen (secondary N) is 4. The van der Waals surface area contributed by atoms with E-state index < -0.39 is 103 Å². The van der Waals surface area contributed by atoms with Crippen molar-refractivity contribution in [2.75, 3.05) is 28.4 Å². The molecule has 0 atom stereocenters. The van der Waals surface area contributed by atoms with Crippen LogP contribution in [0.15, 0.2) is 138 Å². The fraction of sp³-hybridized carbons (Fsp3) is 0.0270. The first kappa shape index (κ1) is 59.4. The molecule has 4 aromatic rings. The third kappa shape index (κ3) is 15.4. The van der Waals surface area contributed by atoms with Crippen molar-refractivity contribution in [3.05, 3.63) is 124 Å². The molecule has 0 bridgehead atoms. The number of benzene rings is 4. The average Bonchev–Trinajstić information content (AvgIpc) is 3.21. The standard InChI is InChI=1S/C37H29N9O14S3.4Na/c38-33-32-20(16-30(63(58,59)60)35(36(32)50)46-43-24-9-12-26(13-10-24)61(52,53)54)15-29(62(55,56)57)34(33)45-42-22-3-1-19(2-4-22)37(51)40-21-5-7-23(8-6-21)41-44-27-14-11-25(17-28(27)47)39-18-31(48)49;;;;/h1-17,39,41,43H,18,38H2,(H,40,51)(H,48,49)(H,52,53,54)(H,55,56,57)(H,58,59,60);;;;/q;4*+1/p-4. The second kappa shape index (κ2) is 24.7. The number of ketones is 2. The van der Waals surface area contributed by atoms with Crippen molar-refractivity contribution in [3.63, 3.8) is 0 Å². The topological polar surface area (TPSA) is 387 Å². The normalized spacial score (nSPS) is 14.6. The summed E-state index contributed by atoms with van der Waals surface area (Å²) in [4.78, 5) is 46.5. The summed E-state index contributed by atoms with van der Waals surface area (Å²) in [6.45, 7) is -0.481. The minimum Gasteiger partial charge on any atom is -0.744 e. The zero-order chi connectivity index (χ0) is 45.9. The Morgan fingerprint density at radius 2 is 1.24 bits per heavy atom. The Bertz CT molecular complexity index is 3150. The number of carbonyl (C=O) groups excluding carboxylic acids is 4. The van der Waals surface area contributed by atoms with E-state index in [9.17, 15) is 63.2 Å². The first-order valence-electron chi connectivity index (χ1n) is 17.3. The van der Waals surface area contributed by atoms with Gasteiger partial charge < -0.3 is 39.9 Å². The van der Waals surface area contributed by atoms with E-state index in [0.29, 0.717) is 23.5 Å². The number of anilines is 4. The Hall–Kier alpha value is -3.75. The van der Waals surface area contributed by atoms with Gasteiger partial charge in [0, 0.05) is 23.0 Å². The van der Waals surface area contributed by atoms with Gasteiger partial charge >= 0.3 is 118 Å². The molecular weight excluding hydrogens is 983 g/mol. The van der Waals surface area contributed by atoms with Crippen LogP contribution in [0.25, 0.3) is 6.08 Å². The summed E-state index contributed by atoms with van der Waals surface area (Å²) in [5.41, 5.74) is 8.48. The van der Waals surface area contributed by atoms with Crippen LogP contribution in [0, 0.1) is 0 Å². The van der Waals surface area contributed by atoms with Gasteiger partial charge in [-0.05, 0) is 103 Å². The number of fused-ring (bicyclic) bond motifs is 1. The van der Waals surface area contributed by atoms with Gasteiger partial charge in [-0.3, -0.25) is 25.2 Å². The average molecular weight is 1010 g/mol. The number of carboxylic acid groups (broad SMARTS) is 1. The minimum atomic E-state index is -5.51. The van der Waals surface area contributed by atoms with Crippen LogP contribution in [-0.4, -0.2) is 80.3 Å². The van der Waals surface area contributed by atoms with Gasteiger partial charge in [0.25, 0.3) is 5.91 Å². The van der Waals surface area contributed by atoms with Gasteiger partial charge in [0.2, 0.25) is 11.6 Å². The Kier molecular flexibility index (Phi) is 21.9. The summed E-state index contributed by atoms with van der Waals surface area (Å²) in [6, 6.07) is 15.8. The molecule has 6 N–H and O–H groups in total. The monoisotopic (exact) mass is 1010 g/mol. The number of hydrogen-bond acceptors (Lipinski definition) is 22. The molecule has 0 radical (unpaired) electrons. The number of nitrogen functional groups attached to an aromatic ring is 1. The molecule has 0 fully saturated rings. The molecule has 0 spiro atoms. The van der Waals surface area contributed by atoms with Crippen molar-refractivity contribution in [1.82, 2.24) is 5.32 Å². The number of carboxylic acids is 1. The predicted octanol–water partition coefficient (Wildman–Crippen LogP) is -10.6. The number of nitrogens with zero attached hydrogens (tertiary/aromatic N) is 4. The number of carbonyl (C=O) groups is 4. The number of nitrogens with two attached hydrogens (primary N) is 1. The van der Waals surface area contributed by atoms with E-state index >= 15 is 0 Å². The van der Waals surface area contributed by atoms with Crippen molar-refractivity contribution in [3.8, 4) is 0 Å². The van der Waals surface area contributed by atoms with E-state index in [-0.39, 0.29) is 147 Å². The van der Waals surface area contributed by atoms with Crippen molar-refractivity contribution in [2.24, 2.45) is 20.4 Å². The molecular formula is C37H25N9Na4O14S3. The van der Waals surface area contributed by atoms with Gasteiger partial charge in [0.05, 0.1) is 55.5 Å². The maximum absolute atomic E-state index is 13.7. The number of rotatable bonds is 14. The summed E-state index contributed by atoms with van der Waals surface area (Å²) < 4.78 is 107. The van der Waals surface area contributed by atoms with E-state index in [1.807, 2.05) is 0 Å². The number of hydrazone groups is 2. The van der Waals surface area contributed by atoms with Gasteiger partial charge in [-0.2, -0.15) is 15.3 Å². The van der Waals surface area contributed by atoms with Crippen molar-refractivity contribution in [1.29, 1.82) is 0 Å². The van der Waals surface area contributed by atoms with E-state index in [2.05, 4.69) is 41.9 Å². The van der Waals surface area contributed by atoms with Crippen LogP contribution in [0.4, 0.5) is 34.1 Å². The van der Waals surface area contributed by atoms with Crippen LogP contribution in [0.2, 0.25) is 0 Å². The third-order valence-corrected chi connectivity index (χ3v) is 11.1. The van der Waals surface area contributed by atoms with Crippen molar-refractivity contribution >= 4 is 105 Å². The molecule has 0 saturated heterocycles. The number of Topliss-reactive ketones (excluding diaryl/α,β-unsaturated/α-hetero) is 1. The summed E-state index contributed by atoms with van der Waals surface area (Å²) in [5.74, 6) is -3.74. The number of allylic oxidation sites excluding steroid dienone is 4. The van der Waals surface area contributed by atoms with Crippen LogP contribution in [-0.2, 0) is 39.9 Å². The van der Waals surface area contributed by atoms with Gasteiger partial charge in [-0.25, -0.2) is 25.3 Å². The SMILES string of the molecule is Nc1c(N=Nc2ccc(C(=O)Nc3ccc(NN=C4C=CC(NCC(=O)[O-])=CC4=O)cc3)cc2)c(S(=O)(=O)[O-])cc2c1C(=O)C(=NNc1ccc(S(=O)(=O)[O-])cc1)C(S(=O)(=O)[O-])=C2.[Na+].[Na+].[Na+].[Na+]. The Morgan fingerprint density at radius 1 is 0.672 bits per heavy atom. The van der Waals surface area contributed by atoms with E-state index in [1.54, 1.807) is 12.1 Å². The van der Waals surface area contributed by atoms with Gasteiger partial charge in [0.15, 0.2) is 0 Å². The number of hydrogen-bond donors (Lipinski definition) is 5. The molecule has 4 aromatic carbocycles. The maximum Gasteiger partial charge on any atom is 1.00 e. The smallest absolute Gasteiger partial charge is 0.744 e. The molecule has 0 saturated carbocycles. The van der Waals surface area contributed by atoms with Crippen molar-refractivity contribution in [2.45, 2.75) is 9.79 Å². The molecule has 30 heteroatoms. The van der Waals surface area contributed by atoms with E-state index in [0.717, 1.165) is 24.3 Å². The fourth-order valence-corrected chi connectivity index (χ4v) is 7.31. The van der Waals surface area contributed by atoms with Crippen molar-refractivity contribution < 1.29 is 181 Å².